The van der Waals surface area contributed by atoms with Crippen LogP contribution in [0.4, 0.5) is 5.69 Å². The van der Waals surface area contributed by atoms with E-state index in [-0.39, 0.29) is 0 Å². The van der Waals surface area contributed by atoms with Crippen LogP contribution < -0.4 is 4.90 Å². The lowest BCUT2D eigenvalue weighted by Gasteiger charge is -2.27. The van der Waals surface area contributed by atoms with Gasteiger partial charge in [-0.2, -0.15) is 0 Å². The van der Waals surface area contributed by atoms with Gasteiger partial charge in [0.25, 0.3) is 0 Å². The highest BCUT2D eigenvalue weighted by molar-refractivity contribution is 5.70. The van der Waals surface area contributed by atoms with Crippen LogP contribution in [0, 0.1) is 12.8 Å². The molecule has 0 saturated heterocycles. The summed E-state index contributed by atoms with van der Waals surface area (Å²) in [5, 5.41) is 9.17. The summed E-state index contributed by atoms with van der Waals surface area (Å²) >= 11 is 0. The number of hydrogen-bond donors (Lipinski definition) is 1. The zero-order chi connectivity index (χ0) is 15.2. The smallest absolute Gasteiger partial charge is 0.308 e. The minimum Gasteiger partial charge on any atom is -0.481 e. The number of nitrogens with zero attached hydrogens (tertiary/aromatic N) is 1. The van der Waals surface area contributed by atoms with E-state index in [2.05, 4.69) is 23.1 Å². The van der Waals surface area contributed by atoms with Crippen molar-refractivity contribution in [2.24, 2.45) is 5.92 Å². The molecule has 0 aliphatic heterocycles. The van der Waals surface area contributed by atoms with E-state index in [1.165, 1.54) is 11.1 Å². The van der Waals surface area contributed by atoms with Crippen LogP contribution in [0.3, 0.4) is 0 Å². The molecule has 2 aromatic rings. The molecule has 1 N–H and O–H groups in total. The average molecular weight is 283 g/mol. The molecule has 1 atom stereocenters. The number of carbonyl (C=O) groups is 1. The first-order chi connectivity index (χ1) is 10.1. The normalized spacial score (nSPS) is 11.9. The first-order valence-electron chi connectivity index (χ1n) is 7.14. The Morgan fingerprint density at radius 1 is 1.14 bits per heavy atom. The van der Waals surface area contributed by atoms with Gasteiger partial charge in [-0.3, -0.25) is 4.79 Å². The lowest BCUT2D eigenvalue weighted by Crippen LogP contribution is -2.31. The molecule has 3 heteroatoms. The SMILES string of the molecule is Cc1cccc(N(Cc2ccccc2)CC(C)C(=O)O)c1. The maximum Gasteiger partial charge on any atom is 0.308 e. The average Bonchev–Trinajstić information content (AvgIpc) is 2.47. The molecule has 0 spiro atoms. The highest BCUT2D eigenvalue weighted by atomic mass is 16.4. The molecule has 0 saturated carbocycles. The third-order valence-corrected chi connectivity index (χ3v) is 3.50. The maximum atomic E-state index is 11.2. The molecule has 0 aliphatic rings. The number of aryl methyl sites for hydroxylation is 1. The number of hydrogen-bond acceptors (Lipinski definition) is 2. The molecule has 0 bridgehead atoms. The number of rotatable bonds is 6. The van der Waals surface area contributed by atoms with Crippen molar-refractivity contribution in [1.29, 1.82) is 0 Å². The number of anilines is 1. The van der Waals surface area contributed by atoms with Crippen molar-refractivity contribution >= 4 is 11.7 Å². The van der Waals surface area contributed by atoms with Crippen LogP contribution in [0.1, 0.15) is 18.1 Å². The van der Waals surface area contributed by atoms with Gasteiger partial charge in [-0.05, 0) is 30.2 Å². The summed E-state index contributed by atoms with van der Waals surface area (Å²) in [6, 6.07) is 18.3. The Morgan fingerprint density at radius 2 is 1.86 bits per heavy atom. The monoisotopic (exact) mass is 283 g/mol. The van der Waals surface area contributed by atoms with Gasteiger partial charge in [0.15, 0.2) is 0 Å². The van der Waals surface area contributed by atoms with Crippen LogP contribution in [0.25, 0.3) is 0 Å². The second kappa shape index (κ2) is 6.93. The van der Waals surface area contributed by atoms with Crippen LogP contribution in [-0.4, -0.2) is 17.6 Å². The summed E-state index contributed by atoms with van der Waals surface area (Å²) in [6.07, 6.45) is 0. The predicted octanol–water partition coefficient (Wildman–Crippen LogP) is 3.72. The third kappa shape index (κ3) is 4.35. The number of benzene rings is 2. The zero-order valence-electron chi connectivity index (χ0n) is 12.5. The van der Waals surface area contributed by atoms with Crippen molar-refractivity contribution in [2.45, 2.75) is 20.4 Å². The fraction of sp³-hybridized carbons (Fsp3) is 0.278. The number of carboxylic acid groups (broad SMARTS) is 1. The van der Waals surface area contributed by atoms with Gasteiger partial charge in [0.05, 0.1) is 5.92 Å². The summed E-state index contributed by atoms with van der Waals surface area (Å²) in [5.74, 6) is -1.17. The summed E-state index contributed by atoms with van der Waals surface area (Å²) in [6.45, 7) is 5.00. The zero-order valence-corrected chi connectivity index (χ0v) is 12.5. The van der Waals surface area contributed by atoms with Gasteiger partial charge in [-0.1, -0.05) is 49.4 Å². The van der Waals surface area contributed by atoms with Crippen molar-refractivity contribution in [3.05, 3.63) is 65.7 Å². The molecule has 3 nitrogen and oxygen atoms in total. The van der Waals surface area contributed by atoms with E-state index in [0.29, 0.717) is 13.1 Å². The van der Waals surface area contributed by atoms with E-state index in [1.807, 2.05) is 43.3 Å². The number of aliphatic carboxylic acids is 1. The van der Waals surface area contributed by atoms with Crippen molar-refractivity contribution in [2.75, 3.05) is 11.4 Å². The lowest BCUT2D eigenvalue weighted by atomic mass is 10.1. The highest BCUT2D eigenvalue weighted by Gasteiger charge is 2.17. The standard InChI is InChI=1S/C18H21NO2/c1-14-7-6-10-17(11-14)19(12-15(2)18(20)21)13-16-8-4-3-5-9-16/h3-11,15H,12-13H2,1-2H3,(H,20,21). The number of carboxylic acids is 1. The van der Waals surface area contributed by atoms with Crippen molar-refractivity contribution in [3.8, 4) is 0 Å². The van der Waals surface area contributed by atoms with Gasteiger partial charge in [0, 0.05) is 18.8 Å². The van der Waals surface area contributed by atoms with Gasteiger partial charge in [-0.25, -0.2) is 0 Å². The second-order valence-electron chi connectivity index (χ2n) is 5.44. The fourth-order valence-electron chi connectivity index (χ4n) is 2.30. The molecule has 2 aromatic carbocycles. The van der Waals surface area contributed by atoms with E-state index in [4.69, 9.17) is 0 Å². The molecular formula is C18H21NO2. The minimum atomic E-state index is -0.763. The Balaban J connectivity index is 2.23. The molecule has 0 radical (unpaired) electrons. The molecule has 21 heavy (non-hydrogen) atoms. The Labute approximate surface area is 125 Å². The molecular weight excluding hydrogens is 262 g/mol. The Kier molecular flexibility index (Phi) is 4.99. The van der Waals surface area contributed by atoms with E-state index >= 15 is 0 Å². The molecule has 1 unspecified atom stereocenters. The summed E-state index contributed by atoms with van der Waals surface area (Å²) in [4.78, 5) is 13.3. The largest absolute Gasteiger partial charge is 0.481 e. The van der Waals surface area contributed by atoms with Gasteiger partial charge in [0.1, 0.15) is 0 Å². The molecule has 0 fully saturated rings. The summed E-state index contributed by atoms with van der Waals surface area (Å²) < 4.78 is 0. The molecule has 0 aliphatic carbocycles. The molecule has 0 heterocycles. The summed E-state index contributed by atoms with van der Waals surface area (Å²) in [7, 11) is 0. The minimum absolute atomic E-state index is 0.408. The van der Waals surface area contributed by atoms with E-state index < -0.39 is 11.9 Å². The van der Waals surface area contributed by atoms with Crippen molar-refractivity contribution < 1.29 is 9.90 Å². The molecule has 2 rings (SSSR count). The van der Waals surface area contributed by atoms with Crippen LogP contribution in [0.5, 0.6) is 0 Å². The Hall–Kier alpha value is -2.29. The quantitative estimate of drug-likeness (QED) is 0.878. The maximum absolute atomic E-state index is 11.2. The van der Waals surface area contributed by atoms with Crippen LogP contribution >= 0.6 is 0 Å². The van der Waals surface area contributed by atoms with Gasteiger partial charge in [0.2, 0.25) is 0 Å². The van der Waals surface area contributed by atoms with Crippen LogP contribution in [0.15, 0.2) is 54.6 Å². The Bertz CT molecular complexity index is 595. The van der Waals surface area contributed by atoms with Crippen molar-refractivity contribution in [3.63, 3.8) is 0 Å². The topological polar surface area (TPSA) is 40.5 Å². The van der Waals surface area contributed by atoms with Gasteiger partial charge < -0.3 is 10.0 Å². The van der Waals surface area contributed by atoms with Gasteiger partial charge in [-0.15, -0.1) is 0 Å². The predicted molar refractivity (Wildman–Crippen MR) is 85.5 cm³/mol. The molecule has 0 aromatic heterocycles. The fourth-order valence-corrected chi connectivity index (χ4v) is 2.30. The first-order valence-corrected chi connectivity index (χ1v) is 7.14. The molecule has 110 valence electrons. The summed E-state index contributed by atoms with van der Waals surface area (Å²) in [5.41, 5.74) is 3.41. The van der Waals surface area contributed by atoms with Crippen LogP contribution in [0.2, 0.25) is 0 Å². The third-order valence-electron chi connectivity index (χ3n) is 3.50. The highest BCUT2D eigenvalue weighted by Crippen LogP contribution is 2.20. The van der Waals surface area contributed by atoms with E-state index in [9.17, 15) is 9.90 Å². The van der Waals surface area contributed by atoms with Crippen molar-refractivity contribution in [1.82, 2.24) is 0 Å². The first kappa shape index (κ1) is 15.1. The molecule has 0 amide bonds. The van der Waals surface area contributed by atoms with E-state index in [0.717, 1.165) is 5.69 Å². The second-order valence-corrected chi connectivity index (χ2v) is 5.44. The lowest BCUT2D eigenvalue weighted by molar-refractivity contribution is -0.140. The Morgan fingerprint density at radius 3 is 2.48 bits per heavy atom. The van der Waals surface area contributed by atoms with Gasteiger partial charge >= 0.3 is 5.97 Å². The van der Waals surface area contributed by atoms with E-state index in [1.54, 1.807) is 6.92 Å². The van der Waals surface area contributed by atoms with Crippen LogP contribution in [-0.2, 0) is 11.3 Å².